The number of pyridine rings is 1. The topological polar surface area (TPSA) is 96.3 Å². The first-order valence-corrected chi connectivity index (χ1v) is 8.34. The number of H-pyrrole nitrogens is 1. The Kier molecular flexibility index (Phi) is 3.80. The van der Waals surface area contributed by atoms with Gasteiger partial charge >= 0.3 is 0 Å². The first-order valence-electron chi connectivity index (χ1n) is 8.34. The van der Waals surface area contributed by atoms with Gasteiger partial charge in [0, 0.05) is 19.0 Å². The Hall–Kier alpha value is -3.41. The van der Waals surface area contributed by atoms with Gasteiger partial charge in [-0.15, -0.1) is 0 Å². The molecular weight excluding hydrogens is 330 g/mol. The number of aromatic amines is 1. The van der Waals surface area contributed by atoms with E-state index in [1.807, 2.05) is 30.3 Å². The van der Waals surface area contributed by atoms with Crippen molar-refractivity contribution in [1.82, 2.24) is 9.88 Å². The molecule has 0 radical (unpaired) electrons. The highest BCUT2D eigenvalue weighted by molar-refractivity contribution is 6.06. The number of hydrogen-bond donors (Lipinski definition) is 2. The molecule has 2 amide bonds. The fraction of sp³-hybridized carbons (Fsp3) is 0.150. The molecule has 1 aliphatic heterocycles. The Bertz CT molecular complexity index is 1090. The molecule has 26 heavy (non-hydrogen) atoms. The Morgan fingerprint density at radius 2 is 1.77 bits per heavy atom. The molecule has 0 fully saturated rings. The van der Waals surface area contributed by atoms with Gasteiger partial charge in [-0.25, -0.2) is 0 Å². The second-order valence-electron chi connectivity index (χ2n) is 6.42. The number of aromatic nitrogens is 1. The second kappa shape index (κ2) is 6.15. The lowest BCUT2D eigenvalue weighted by atomic mass is 9.92. The van der Waals surface area contributed by atoms with Gasteiger partial charge in [-0.2, -0.15) is 0 Å². The highest BCUT2D eigenvalue weighted by atomic mass is 16.2. The lowest BCUT2D eigenvalue weighted by Crippen LogP contribution is -2.51. The van der Waals surface area contributed by atoms with Crippen LogP contribution >= 0.6 is 0 Å². The van der Waals surface area contributed by atoms with Crippen LogP contribution in [0.15, 0.2) is 59.4 Å². The summed E-state index contributed by atoms with van der Waals surface area (Å²) in [5.41, 5.74) is 8.12. The number of nitrogens with two attached hydrogens (primary N) is 1. The molecule has 130 valence electrons. The highest BCUT2D eigenvalue weighted by Gasteiger charge is 2.34. The molecule has 6 heteroatoms. The summed E-state index contributed by atoms with van der Waals surface area (Å²) < 4.78 is 0. The normalized spacial score (nSPS) is 16.3. The van der Waals surface area contributed by atoms with Crippen molar-refractivity contribution >= 4 is 22.7 Å². The Morgan fingerprint density at radius 3 is 2.54 bits per heavy atom. The van der Waals surface area contributed by atoms with Crippen molar-refractivity contribution in [2.24, 2.45) is 5.73 Å². The zero-order valence-corrected chi connectivity index (χ0v) is 13.9. The number of primary amides is 1. The van der Waals surface area contributed by atoms with Crippen LogP contribution in [0.5, 0.6) is 0 Å². The van der Waals surface area contributed by atoms with E-state index >= 15 is 0 Å². The lowest BCUT2D eigenvalue weighted by Gasteiger charge is -2.35. The summed E-state index contributed by atoms with van der Waals surface area (Å²) in [6.07, 6.45) is 0.387. The van der Waals surface area contributed by atoms with Crippen LogP contribution in [0.2, 0.25) is 0 Å². The second-order valence-corrected chi connectivity index (χ2v) is 6.42. The fourth-order valence-corrected chi connectivity index (χ4v) is 3.50. The van der Waals surface area contributed by atoms with E-state index < -0.39 is 11.9 Å². The van der Waals surface area contributed by atoms with Crippen molar-refractivity contribution in [3.05, 3.63) is 81.6 Å². The van der Waals surface area contributed by atoms with Crippen LogP contribution in [-0.2, 0) is 17.8 Å². The van der Waals surface area contributed by atoms with Gasteiger partial charge in [0.2, 0.25) is 11.5 Å². The Morgan fingerprint density at radius 1 is 1.00 bits per heavy atom. The van der Waals surface area contributed by atoms with Crippen LogP contribution in [0.4, 0.5) is 0 Å². The molecule has 0 saturated carbocycles. The van der Waals surface area contributed by atoms with E-state index in [-0.39, 0.29) is 11.5 Å². The minimum absolute atomic E-state index is 0.284. The average Bonchev–Trinajstić information content (AvgIpc) is 2.65. The van der Waals surface area contributed by atoms with E-state index in [1.165, 1.54) is 11.0 Å². The Labute approximate surface area is 149 Å². The molecule has 0 spiro atoms. The molecule has 4 rings (SSSR count). The van der Waals surface area contributed by atoms with Crippen molar-refractivity contribution in [2.45, 2.75) is 19.0 Å². The van der Waals surface area contributed by atoms with Gasteiger partial charge in [-0.3, -0.25) is 14.4 Å². The van der Waals surface area contributed by atoms with Gasteiger partial charge in [0.25, 0.3) is 5.91 Å². The molecule has 0 saturated heterocycles. The molecule has 0 unspecified atom stereocenters. The van der Waals surface area contributed by atoms with Crippen LogP contribution in [-0.4, -0.2) is 27.7 Å². The van der Waals surface area contributed by atoms with Gasteiger partial charge < -0.3 is 15.6 Å². The number of rotatable bonds is 2. The summed E-state index contributed by atoms with van der Waals surface area (Å²) in [5.74, 6) is -0.864. The van der Waals surface area contributed by atoms with Crippen LogP contribution in [0.25, 0.3) is 10.9 Å². The Balaban J connectivity index is 1.81. The van der Waals surface area contributed by atoms with Crippen molar-refractivity contribution < 1.29 is 9.59 Å². The quantitative estimate of drug-likeness (QED) is 0.736. The number of carbonyl (C=O) groups is 2. The van der Waals surface area contributed by atoms with Crippen LogP contribution in [0.3, 0.4) is 0 Å². The summed E-state index contributed by atoms with van der Waals surface area (Å²) in [6, 6.07) is 15.3. The first-order chi connectivity index (χ1) is 12.5. The molecule has 0 aliphatic carbocycles. The van der Waals surface area contributed by atoms with Crippen molar-refractivity contribution in [3.8, 4) is 0 Å². The number of para-hydroxylation sites is 1. The van der Waals surface area contributed by atoms with E-state index in [1.54, 1.807) is 18.2 Å². The lowest BCUT2D eigenvalue weighted by molar-refractivity contribution is -0.122. The van der Waals surface area contributed by atoms with Gasteiger partial charge in [0.05, 0.1) is 11.1 Å². The van der Waals surface area contributed by atoms with Crippen molar-refractivity contribution in [3.63, 3.8) is 0 Å². The van der Waals surface area contributed by atoms with Gasteiger partial charge in [0.15, 0.2) is 0 Å². The van der Waals surface area contributed by atoms with Gasteiger partial charge in [-0.1, -0.05) is 36.4 Å². The smallest absolute Gasteiger partial charge is 0.256 e. The maximum absolute atomic E-state index is 13.2. The van der Waals surface area contributed by atoms with E-state index in [2.05, 4.69) is 4.98 Å². The third kappa shape index (κ3) is 2.65. The average molecular weight is 347 g/mol. The molecule has 2 aromatic carbocycles. The SMILES string of the molecule is NC(=O)[C@@H]1Cc2ccccc2CN1C(=O)c1cccc2ccc(=O)[nH]c12. The minimum Gasteiger partial charge on any atom is -0.368 e. The number of fused-ring (bicyclic) bond motifs is 2. The summed E-state index contributed by atoms with van der Waals surface area (Å²) in [6.45, 7) is 0.302. The summed E-state index contributed by atoms with van der Waals surface area (Å²) in [5, 5.41) is 0.753. The molecule has 1 aromatic heterocycles. The monoisotopic (exact) mass is 347 g/mol. The molecule has 3 aromatic rings. The summed E-state index contributed by atoms with van der Waals surface area (Å²) in [7, 11) is 0. The largest absolute Gasteiger partial charge is 0.368 e. The van der Waals surface area contributed by atoms with Crippen LogP contribution < -0.4 is 11.3 Å². The maximum Gasteiger partial charge on any atom is 0.256 e. The van der Waals surface area contributed by atoms with Crippen molar-refractivity contribution in [1.29, 1.82) is 0 Å². The number of amides is 2. The number of benzene rings is 2. The van der Waals surface area contributed by atoms with Crippen LogP contribution in [0, 0.1) is 0 Å². The molecule has 1 atom stereocenters. The molecule has 2 heterocycles. The summed E-state index contributed by atoms with van der Waals surface area (Å²) >= 11 is 0. The minimum atomic E-state index is -0.719. The van der Waals surface area contributed by atoms with Gasteiger partial charge in [0.1, 0.15) is 6.04 Å². The molecular formula is C20H17N3O3. The third-order valence-electron chi connectivity index (χ3n) is 4.83. The van der Waals surface area contributed by atoms with E-state index in [0.717, 1.165) is 16.5 Å². The summed E-state index contributed by atoms with van der Waals surface area (Å²) in [4.78, 5) is 41.2. The van der Waals surface area contributed by atoms with E-state index in [9.17, 15) is 14.4 Å². The molecule has 6 nitrogen and oxygen atoms in total. The zero-order valence-electron chi connectivity index (χ0n) is 13.9. The number of hydrogen-bond acceptors (Lipinski definition) is 3. The van der Waals surface area contributed by atoms with Crippen LogP contribution in [0.1, 0.15) is 21.5 Å². The van der Waals surface area contributed by atoms with E-state index in [0.29, 0.717) is 24.0 Å². The third-order valence-corrected chi connectivity index (χ3v) is 4.83. The van der Waals surface area contributed by atoms with E-state index in [4.69, 9.17) is 5.73 Å². The number of carbonyl (C=O) groups excluding carboxylic acids is 2. The number of nitrogens with one attached hydrogen (secondary N) is 1. The maximum atomic E-state index is 13.2. The molecule has 3 N–H and O–H groups in total. The van der Waals surface area contributed by atoms with Gasteiger partial charge in [-0.05, 0) is 28.6 Å². The standard InChI is InChI=1S/C20H17N3O3/c21-19(25)16-10-13-4-1-2-5-14(13)11-23(16)20(26)15-7-3-6-12-8-9-17(24)22-18(12)15/h1-9,16H,10-11H2,(H2,21,25)(H,22,24)/t16-/m0/s1. The fourth-order valence-electron chi connectivity index (χ4n) is 3.50. The number of nitrogens with zero attached hydrogens (tertiary/aromatic N) is 1. The predicted octanol–water partition coefficient (Wildman–Crippen LogP) is 1.58. The molecule has 0 bridgehead atoms. The first kappa shape index (κ1) is 16.1. The zero-order chi connectivity index (χ0) is 18.3. The predicted molar refractivity (Wildman–Crippen MR) is 97.6 cm³/mol. The molecule has 1 aliphatic rings. The highest BCUT2D eigenvalue weighted by Crippen LogP contribution is 2.26. The van der Waals surface area contributed by atoms with Crippen molar-refractivity contribution in [2.75, 3.05) is 0 Å².